The Labute approximate surface area is 253 Å². The van der Waals surface area contributed by atoms with Gasteiger partial charge >= 0.3 is 0 Å². The second kappa shape index (κ2) is 12.0. The van der Waals surface area contributed by atoms with Gasteiger partial charge in [0.25, 0.3) is 0 Å². The number of aromatic nitrogens is 1. The third kappa shape index (κ3) is 5.59. The van der Waals surface area contributed by atoms with Gasteiger partial charge in [-0.3, -0.25) is 4.90 Å². The van der Waals surface area contributed by atoms with Crippen LogP contribution in [0.4, 0.5) is 0 Å². The van der Waals surface area contributed by atoms with Gasteiger partial charge in [0.05, 0.1) is 25.2 Å². The van der Waals surface area contributed by atoms with Gasteiger partial charge in [0, 0.05) is 35.6 Å². The molecule has 224 valence electrons. The molecule has 0 unspecified atom stereocenters. The standard InChI is InChI=1S/C36H40N2O5/c1-40-32-13-6-26-24-38(20-17-36-16-14-27(39)23-33(36)43-35(32)34(26)36)19-4-2-3-5-21-41-28-7-9-29(10-8-28)42-30-11-12-31-25(22-30)15-18-37-31/h6-16,18,22,27,33,37,39H,2-5,17,19-21,23-24H2,1H3/t27-,33-,36-/m0/s1. The molecule has 3 aliphatic rings. The van der Waals surface area contributed by atoms with Crippen LogP contribution in [0.15, 0.2) is 79.0 Å². The van der Waals surface area contributed by atoms with Crippen LogP contribution in [0.1, 0.15) is 49.7 Å². The molecule has 1 spiro atoms. The molecule has 3 aromatic carbocycles. The van der Waals surface area contributed by atoms with Gasteiger partial charge in [0.15, 0.2) is 11.5 Å². The highest BCUT2D eigenvalue weighted by Crippen LogP contribution is 2.55. The molecule has 0 saturated carbocycles. The molecule has 7 heteroatoms. The molecule has 0 saturated heterocycles. The Bertz CT molecular complexity index is 1600. The predicted molar refractivity (Wildman–Crippen MR) is 168 cm³/mol. The minimum atomic E-state index is -0.452. The Morgan fingerprint density at radius 2 is 1.81 bits per heavy atom. The fourth-order valence-corrected chi connectivity index (χ4v) is 7.00. The highest BCUT2D eigenvalue weighted by Gasteiger charge is 2.52. The minimum absolute atomic E-state index is 0.0407. The van der Waals surface area contributed by atoms with E-state index in [4.69, 9.17) is 18.9 Å². The molecule has 43 heavy (non-hydrogen) atoms. The van der Waals surface area contributed by atoms with Crippen molar-refractivity contribution in [3.63, 3.8) is 0 Å². The molecule has 0 radical (unpaired) electrons. The SMILES string of the molecule is COc1ccc2c3c1O[C@H]1C[C@@H](O)C=C[C@@]31CCN(CCCCCCOc1ccc(Oc3ccc4[nH]ccc4c3)cc1)C2. The van der Waals surface area contributed by atoms with Gasteiger partial charge < -0.3 is 29.0 Å². The highest BCUT2D eigenvalue weighted by atomic mass is 16.5. The molecule has 3 atom stereocenters. The summed E-state index contributed by atoms with van der Waals surface area (Å²) < 4.78 is 24.1. The number of aliphatic hydroxyl groups excluding tert-OH is 1. The molecule has 1 aliphatic carbocycles. The van der Waals surface area contributed by atoms with Gasteiger partial charge in [-0.2, -0.15) is 0 Å². The molecule has 7 rings (SSSR count). The maximum absolute atomic E-state index is 10.3. The summed E-state index contributed by atoms with van der Waals surface area (Å²) in [5, 5.41) is 11.4. The smallest absolute Gasteiger partial charge is 0.166 e. The van der Waals surface area contributed by atoms with Crippen molar-refractivity contribution in [2.45, 2.75) is 62.7 Å². The molecule has 0 bridgehead atoms. The molecule has 4 aromatic rings. The van der Waals surface area contributed by atoms with Gasteiger partial charge in [0.1, 0.15) is 23.4 Å². The Morgan fingerprint density at radius 1 is 0.977 bits per heavy atom. The number of nitrogens with zero attached hydrogens (tertiary/aromatic N) is 1. The summed E-state index contributed by atoms with van der Waals surface area (Å²) in [5.41, 5.74) is 3.52. The number of unbranched alkanes of at least 4 members (excludes halogenated alkanes) is 3. The van der Waals surface area contributed by atoms with Crippen molar-refractivity contribution in [1.29, 1.82) is 0 Å². The number of benzene rings is 3. The molecule has 2 aliphatic heterocycles. The maximum Gasteiger partial charge on any atom is 0.166 e. The summed E-state index contributed by atoms with van der Waals surface area (Å²) >= 11 is 0. The number of aromatic amines is 1. The van der Waals surface area contributed by atoms with Crippen molar-refractivity contribution >= 4 is 10.9 Å². The number of aliphatic hydroxyl groups is 1. The Balaban J connectivity index is 0.860. The van der Waals surface area contributed by atoms with E-state index in [1.165, 1.54) is 24.0 Å². The summed E-state index contributed by atoms with van der Waals surface area (Å²) in [7, 11) is 1.70. The number of ether oxygens (including phenoxy) is 4. The lowest BCUT2D eigenvalue weighted by Crippen LogP contribution is -2.43. The molecular formula is C36H40N2O5. The largest absolute Gasteiger partial charge is 0.494 e. The fourth-order valence-electron chi connectivity index (χ4n) is 7.00. The monoisotopic (exact) mass is 580 g/mol. The van der Waals surface area contributed by atoms with E-state index < -0.39 is 6.10 Å². The zero-order chi connectivity index (χ0) is 29.2. The van der Waals surface area contributed by atoms with Crippen LogP contribution in [0, 0.1) is 0 Å². The van der Waals surface area contributed by atoms with Crippen LogP contribution in [0.3, 0.4) is 0 Å². The Morgan fingerprint density at radius 3 is 2.70 bits per heavy atom. The maximum atomic E-state index is 10.3. The Kier molecular flexibility index (Phi) is 7.76. The topological polar surface area (TPSA) is 76.2 Å². The van der Waals surface area contributed by atoms with Gasteiger partial charge in [-0.15, -0.1) is 0 Å². The van der Waals surface area contributed by atoms with Crippen LogP contribution in [-0.2, 0) is 12.0 Å². The van der Waals surface area contributed by atoms with Crippen LogP contribution in [-0.4, -0.2) is 54.0 Å². The lowest BCUT2D eigenvalue weighted by atomic mass is 9.69. The lowest BCUT2D eigenvalue weighted by Gasteiger charge is -2.35. The van der Waals surface area contributed by atoms with Crippen LogP contribution in [0.2, 0.25) is 0 Å². The highest BCUT2D eigenvalue weighted by molar-refractivity contribution is 5.80. The number of fused-ring (bicyclic) bond motifs is 1. The van der Waals surface area contributed by atoms with Gasteiger partial charge in [-0.25, -0.2) is 0 Å². The molecule has 2 N–H and O–H groups in total. The van der Waals surface area contributed by atoms with Crippen molar-refractivity contribution in [3.8, 4) is 28.7 Å². The number of methoxy groups -OCH3 is 1. The summed E-state index contributed by atoms with van der Waals surface area (Å²) in [6.07, 6.45) is 11.8. The molecule has 0 amide bonds. The van der Waals surface area contributed by atoms with Crippen LogP contribution < -0.4 is 18.9 Å². The van der Waals surface area contributed by atoms with Gasteiger partial charge in [-0.05, 0) is 92.5 Å². The average molecular weight is 581 g/mol. The number of hydrogen-bond donors (Lipinski definition) is 2. The van der Waals surface area contributed by atoms with E-state index in [1.807, 2.05) is 66.9 Å². The number of H-pyrrole nitrogens is 1. The molecule has 3 heterocycles. The van der Waals surface area contributed by atoms with Crippen molar-refractivity contribution in [1.82, 2.24) is 9.88 Å². The third-order valence-corrected chi connectivity index (χ3v) is 9.26. The summed E-state index contributed by atoms with van der Waals surface area (Å²) in [5.74, 6) is 4.16. The van der Waals surface area contributed by atoms with Crippen molar-refractivity contribution in [3.05, 3.63) is 90.1 Å². The first kappa shape index (κ1) is 27.9. The second-order valence-electron chi connectivity index (χ2n) is 12.0. The summed E-state index contributed by atoms with van der Waals surface area (Å²) in [6, 6.07) is 20.2. The van der Waals surface area contributed by atoms with Crippen molar-refractivity contribution in [2.75, 3.05) is 26.8 Å². The van der Waals surface area contributed by atoms with Crippen molar-refractivity contribution < 1.29 is 24.1 Å². The number of rotatable bonds is 11. The van der Waals surface area contributed by atoms with E-state index in [9.17, 15) is 5.11 Å². The second-order valence-corrected chi connectivity index (χ2v) is 12.0. The third-order valence-electron chi connectivity index (χ3n) is 9.26. The quantitative estimate of drug-likeness (QED) is 0.145. The molecule has 1 aromatic heterocycles. The van der Waals surface area contributed by atoms with Gasteiger partial charge in [0.2, 0.25) is 0 Å². The Hall–Kier alpha value is -3.94. The minimum Gasteiger partial charge on any atom is -0.494 e. The van der Waals surface area contributed by atoms with E-state index in [-0.39, 0.29) is 11.5 Å². The summed E-state index contributed by atoms with van der Waals surface area (Å²) in [6.45, 7) is 3.73. The molecule has 7 nitrogen and oxygen atoms in total. The number of nitrogens with one attached hydrogen (secondary N) is 1. The van der Waals surface area contributed by atoms with Crippen LogP contribution in [0.5, 0.6) is 28.7 Å². The number of hydrogen-bond acceptors (Lipinski definition) is 6. The molecule has 0 fully saturated rings. The summed E-state index contributed by atoms with van der Waals surface area (Å²) in [4.78, 5) is 5.79. The van der Waals surface area contributed by atoms with E-state index >= 15 is 0 Å². The van der Waals surface area contributed by atoms with E-state index in [1.54, 1.807) is 7.11 Å². The normalized spacial score (nSPS) is 22.5. The first-order chi connectivity index (χ1) is 21.1. The fraction of sp³-hybridized carbons (Fsp3) is 0.389. The predicted octanol–water partition coefficient (Wildman–Crippen LogP) is 7.13. The molecular weight excluding hydrogens is 540 g/mol. The lowest BCUT2D eigenvalue weighted by molar-refractivity contribution is 0.0809. The zero-order valence-electron chi connectivity index (χ0n) is 24.8. The average Bonchev–Trinajstić information content (AvgIpc) is 3.58. The van der Waals surface area contributed by atoms with Crippen LogP contribution >= 0.6 is 0 Å². The van der Waals surface area contributed by atoms with Crippen LogP contribution in [0.25, 0.3) is 10.9 Å². The van der Waals surface area contributed by atoms with Gasteiger partial charge in [-0.1, -0.05) is 31.1 Å². The first-order valence-corrected chi connectivity index (χ1v) is 15.6. The van der Waals surface area contributed by atoms with Crippen molar-refractivity contribution in [2.24, 2.45) is 0 Å². The van der Waals surface area contributed by atoms with E-state index in [0.29, 0.717) is 13.0 Å². The van der Waals surface area contributed by atoms with E-state index in [2.05, 4.69) is 22.0 Å². The zero-order valence-corrected chi connectivity index (χ0v) is 24.8. The first-order valence-electron chi connectivity index (χ1n) is 15.6. The van der Waals surface area contributed by atoms with E-state index in [0.717, 1.165) is 78.5 Å².